The second kappa shape index (κ2) is 11.0. The van der Waals surface area contributed by atoms with Crippen LogP contribution in [0.5, 0.6) is 0 Å². The molecule has 22 heavy (non-hydrogen) atoms. The summed E-state index contributed by atoms with van der Waals surface area (Å²) in [4.78, 5) is 20.0. The number of aliphatic hydroxyl groups is 1. The molecular formula is C13H23Cl3N4O2. The van der Waals surface area contributed by atoms with Crippen molar-refractivity contribution >= 4 is 43.1 Å². The number of carbonyl (C=O) groups excluding carboxylic acids is 1. The molecule has 1 fully saturated rings. The summed E-state index contributed by atoms with van der Waals surface area (Å²) in [5.74, 6) is -0.197. The second-order valence-electron chi connectivity index (χ2n) is 4.88. The van der Waals surface area contributed by atoms with Crippen LogP contribution in [0.3, 0.4) is 0 Å². The summed E-state index contributed by atoms with van der Waals surface area (Å²) in [6.45, 7) is 2.99. The fourth-order valence-electron chi connectivity index (χ4n) is 2.14. The van der Waals surface area contributed by atoms with E-state index in [1.165, 1.54) is 0 Å². The van der Waals surface area contributed by atoms with Crippen LogP contribution in [0, 0.1) is 0 Å². The molecule has 0 aliphatic carbocycles. The lowest BCUT2D eigenvalue weighted by Gasteiger charge is -2.34. The van der Waals surface area contributed by atoms with Crippen molar-refractivity contribution in [1.82, 2.24) is 14.8 Å². The van der Waals surface area contributed by atoms with Gasteiger partial charge in [0.05, 0.1) is 0 Å². The van der Waals surface area contributed by atoms with Crippen LogP contribution in [-0.2, 0) is 4.79 Å². The predicted octanol–water partition coefficient (Wildman–Crippen LogP) is 0.482. The predicted molar refractivity (Wildman–Crippen MR) is 93.0 cm³/mol. The molecule has 0 bridgehead atoms. The fourth-order valence-corrected chi connectivity index (χ4v) is 2.14. The molecule has 2 atom stereocenters. The van der Waals surface area contributed by atoms with Gasteiger partial charge in [0.2, 0.25) is 5.91 Å². The molecule has 1 aliphatic rings. The molecule has 2 rings (SSSR count). The summed E-state index contributed by atoms with van der Waals surface area (Å²) in [6, 6.07) is 2.41. The maximum Gasteiger partial charge on any atom is 0.242 e. The Hall–Kier alpha value is -0.630. The van der Waals surface area contributed by atoms with Gasteiger partial charge in [-0.05, 0) is 24.7 Å². The average molecular weight is 374 g/mol. The standard InChI is InChI=1S/C13H20N4O2.3ClH/c1-16-6-8-17(9-7-16)13(19)11(14)12(18)10-2-4-15-5-3-10;;;/h2-5,11-12,18H,6-9,14H2,1H3;3*1H/t11-,12+;;;/m1.../s1. The molecule has 2 heterocycles. The Labute approximate surface area is 149 Å². The fraction of sp³-hybridized carbons (Fsp3) is 0.538. The Morgan fingerprint density at radius 2 is 1.68 bits per heavy atom. The Morgan fingerprint density at radius 1 is 1.18 bits per heavy atom. The lowest BCUT2D eigenvalue weighted by Crippen LogP contribution is -2.53. The van der Waals surface area contributed by atoms with Crippen LogP contribution in [0.1, 0.15) is 11.7 Å². The second-order valence-corrected chi connectivity index (χ2v) is 4.88. The lowest BCUT2D eigenvalue weighted by atomic mass is 10.0. The van der Waals surface area contributed by atoms with Crippen LogP contribution < -0.4 is 5.73 Å². The highest BCUT2D eigenvalue weighted by Crippen LogP contribution is 2.16. The Morgan fingerprint density at radius 3 is 2.18 bits per heavy atom. The third-order valence-corrected chi connectivity index (χ3v) is 3.49. The van der Waals surface area contributed by atoms with Crippen LogP contribution in [-0.4, -0.2) is 65.1 Å². The third kappa shape index (κ3) is 5.87. The van der Waals surface area contributed by atoms with Crippen LogP contribution >= 0.6 is 37.2 Å². The summed E-state index contributed by atoms with van der Waals surface area (Å²) in [5, 5.41) is 10.1. The van der Waals surface area contributed by atoms with Gasteiger partial charge in [-0.15, -0.1) is 37.2 Å². The van der Waals surface area contributed by atoms with E-state index in [4.69, 9.17) is 5.73 Å². The highest BCUT2D eigenvalue weighted by atomic mass is 35.5. The van der Waals surface area contributed by atoms with E-state index in [2.05, 4.69) is 9.88 Å². The van der Waals surface area contributed by atoms with Crippen molar-refractivity contribution in [1.29, 1.82) is 0 Å². The van der Waals surface area contributed by atoms with Gasteiger partial charge in [0.25, 0.3) is 0 Å². The van der Waals surface area contributed by atoms with Gasteiger partial charge >= 0.3 is 0 Å². The highest BCUT2D eigenvalue weighted by Gasteiger charge is 2.29. The number of pyridine rings is 1. The van der Waals surface area contributed by atoms with Crippen molar-refractivity contribution in [3.05, 3.63) is 30.1 Å². The van der Waals surface area contributed by atoms with Crippen molar-refractivity contribution in [2.24, 2.45) is 5.73 Å². The number of nitrogens with zero attached hydrogens (tertiary/aromatic N) is 3. The Balaban J connectivity index is 0. The Kier molecular flexibility index (Phi) is 11.8. The van der Waals surface area contributed by atoms with Crippen LogP contribution in [0.2, 0.25) is 0 Å². The largest absolute Gasteiger partial charge is 0.386 e. The van der Waals surface area contributed by atoms with Gasteiger partial charge < -0.3 is 20.6 Å². The summed E-state index contributed by atoms with van der Waals surface area (Å²) >= 11 is 0. The van der Waals surface area contributed by atoms with E-state index in [0.717, 1.165) is 13.1 Å². The normalized spacial score (nSPS) is 17.3. The number of amides is 1. The summed E-state index contributed by atoms with van der Waals surface area (Å²) in [7, 11) is 2.02. The van der Waals surface area contributed by atoms with Gasteiger partial charge in [0.1, 0.15) is 12.1 Å². The SMILES string of the molecule is CN1CCN(C(=O)[C@H](N)[C@@H](O)c2ccncc2)CC1.Cl.Cl.Cl. The lowest BCUT2D eigenvalue weighted by molar-refractivity contribution is -0.136. The van der Waals surface area contributed by atoms with E-state index in [9.17, 15) is 9.90 Å². The molecule has 0 aromatic carbocycles. The zero-order valence-electron chi connectivity index (χ0n) is 12.3. The maximum atomic E-state index is 12.2. The van der Waals surface area contributed by atoms with Gasteiger partial charge in [0.15, 0.2) is 0 Å². The number of carbonyl (C=O) groups is 1. The van der Waals surface area contributed by atoms with E-state index in [1.807, 2.05) is 7.05 Å². The molecule has 0 radical (unpaired) electrons. The maximum absolute atomic E-state index is 12.2. The zero-order valence-corrected chi connectivity index (χ0v) is 14.7. The number of aromatic nitrogens is 1. The number of nitrogens with two attached hydrogens (primary N) is 1. The first kappa shape index (κ1) is 23.6. The van der Waals surface area contributed by atoms with Gasteiger partial charge in [-0.2, -0.15) is 0 Å². The van der Waals surface area contributed by atoms with Gasteiger partial charge in [-0.1, -0.05) is 0 Å². The molecule has 128 valence electrons. The molecule has 1 aromatic rings. The molecule has 0 unspecified atom stereocenters. The molecule has 6 nitrogen and oxygen atoms in total. The molecular weight excluding hydrogens is 351 g/mol. The molecule has 0 saturated carbocycles. The summed E-state index contributed by atoms with van der Waals surface area (Å²) in [5.41, 5.74) is 6.50. The molecule has 1 aromatic heterocycles. The number of hydrogen-bond acceptors (Lipinski definition) is 5. The van der Waals surface area contributed by atoms with E-state index in [1.54, 1.807) is 29.4 Å². The first-order valence-corrected chi connectivity index (χ1v) is 6.40. The number of aliphatic hydroxyl groups excluding tert-OH is 1. The van der Waals surface area contributed by atoms with E-state index in [-0.39, 0.29) is 43.1 Å². The number of halogens is 3. The number of piperazine rings is 1. The molecule has 3 N–H and O–H groups in total. The minimum atomic E-state index is -0.991. The monoisotopic (exact) mass is 372 g/mol. The van der Waals surface area contributed by atoms with Crippen molar-refractivity contribution in [3.8, 4) is 0 Å². The summed E-state index contributed by atoms with van der Waals surface area (Å²) < 4.78 is 0. The molecule has 1 aliphatic heterocycles. The average Bonchev–Trinajstić information content (AvgIpc) is 2.46. The smallest absolute Gasteiger partial charge is 0.242 e. The minimum absolute atomic E-state index is 0. The molecule has 9 heteroatoms. The van der Waals surface area contributed by atoms with E-state index in [0.29, 0.717) is 18.7 Å². The molecule has 0 spiro atoms. The van der Waals surface area contributed by atoms with Crippen molar-refractivity contribution in [2.45, 2.75) is 12.1 Å². The third-order valence-electron chi connectivity index (χ3n) is 3.49. The summed E-state index contributed by atoms with van der Waals surface area (Å²) in [6.07, 6.45) is 2.16. The quantitative estimate of drug-likeness (QED) is 0.805. The number of rotatable bonds is 3. The van der Waals surface area contributed by atoms with Gasteiger partial charge in [-0.3, -0.25) is 9.78 Å². The zero-order chi connectivity index (χ0) is 13.8. The van der Waals surface area contributed by atoms with E-state index < -0.39 is 12.1 Å². The van der Waals surface area contributed by atoms with Gasteiger partial charge in [-0.25, -0.2) is 0 Å². The Bertz CT molecular complexity index is 431. The van der Waals surface area contributed by atoms with Crippen LogP contribution in [0.25, 0.3) is 0 Å². The number of likely N-dealkylation sites (N-methyl/N-ethyl adjacent to an activating group) is 1. The molecule has 1 saturated heterocycles. The van der Waals surface area contributed by atoms with Gasteiger partial charge in [0, 0.05) is 38.6 Å². The van der Waals surface area contributed by atoms with Crippen LogP contribution in [0.4, 0.5) is 0 Å². The first-order valence-electron chi connectivity index (χ1n) is 6.40. The highest BCUT2D eigenvalue weighted by molar-refractivity contribution is 5.86. The molecule has 1 amide bonds. The first-order chi connectivity index (χ1) is 9.09. The van der Waals surface area contributed by atoms with Crippen LogP contribution in [0.15, 0.2) is 24.5 Å². The number of hydrogen-bond donors (Lipinski definition) is 2. The van der Waals surface area contributed by atoms with Crippen molar-refractivity contribution in [3.63, 3.8) is 0 Å². The van der Waals surface area contributed by atoms with Crippen molar-refractivity contribution in [2.75, 3.05) is 33.2 Å². The van der Waals surface area contributed by atoms with E-state index >= 15 is 0 Å². The minimum Gasteiger partial charge on any atom is -0.386 e. The topological polar surface area (TPSA) is 82.7 Å². The van der Waals surface area contributed by atoms with Crippen molar-refractivity contribution < 1.29 is 9.90 Å².